The Morgan fingerprint density at radius 1 is 1.15 bits per heavy atom. The van der Waals surface area contributed by atoms with Crippen molar-refractivity contribution in [1.29, 1.82) is 0 Å². The molecule has 2 saturated heterocycles. The molecule has 1 aromatic carbocycles. The molecule has 2 fully saturated rings. The van der Waals surface area contributed by atoms with Crippen LogP contribution in [0.3, 0.4) is 0 Å². The number of piperazine rings is 1. The van der Waals surface area contributed by atoms with Crippen LogP contribution in [-0.2, 0) is 10.9 Å². The molecule has 3 heterocycles. The SMILES string of the molecule is O=C(c1c(F)cccc1C(F)(F)F)N1CCN(c2ccc(N3CC(CO)OC3=O)cn2)CC1. The smallest absolute Gasteiger partial charge is 0.417 e. The van der Waals surface area contributed by atoms with Gasteiger partial charge >= 0.3 is 12.3 Å². The van der Waals surface area contributed by atoms with Crippen molar-refractivity contribution in [1.82, 2.24) is 9.88 Å². The number of aliphatic hydroxyl groups excluding tert-OH is 1. The normalized spacial score (nSPS) is 19.1. The van der Waals surface area contributed by atoms with Crippen LogP contribution >= 0.6 is 0 Å². The summed E-state index contributed by atoms with van der Waals surface area (Å²) in [6.45, 7) is 0.661. The number of benzene rings is 1. The molecule has 0 aliphatic carbocycles. The van der Waals surface area contributed by atoms with E-state index in [0.29, 0.717) is 17.6 Å². The molecule has 1 aromatic heterocycles. The number of rotatable bonds is 4. The van der Waals surface area contributed by atoms with Crippen LogP contribution in [-0.4, -0.2) is 72.4 Å². The van der Waals surface area contributed by atoms with E-state index in [-0.39, 0.29) is 39.3 Å². The number of aliphatic hydroxyl groups is 1. The summed E-state index contributed by atoms with van der Waals surface area (Å²) in [5.74, 6) is -1.66. The zero-order valence-electron chi connectivity index (χ0n) is 17.3. The number of cyclic esters (lactones) is 1. The second-order valence-electron chi connectivity index (χ2n) is 7.61. The molecule has 1 unspecified atom stereocenters. The number of hydrogen-bond acceptors (Lipinski definition) is 6. The van der Waals surface area contributed by atoms with Gasteiger partial charge < -0.3 is 19.6 Å². The van der Waals surface area contributed by atoms with Crippen molar-refractivity contribution in [3.63, 3.8) is 0 Å². The summed E-state index contributed by atoms with van der Waals surface area (Å²) in [4.78, 5) is 33.3. The van der Waals surface area contributed by atoms with Gasteiger partial charge in [-0.2, -0.15) is 13.2 Å². The van der Waals surface area contributed by atoms with Gasteiger partial charge in [0.25, 0.3) is 5.91 Å². The Morgan fingerprint density at radius 2 is 1.88 bits per heavy atom. The average molecular weight is 468 g/mol. The van der Waals surface area contributed by atoms with E-state index in [9.17, 15) is 27.2 Å². The van der Waals surface area contributed by atoms with Gasteiger partial charge in [0.2, 0.25) is 0 Å². The number of ether oxygens (including phenoxy) is 1. The lowest BCUT2D eigenvalue weighted by molar-refractivity contribution is -0.138. The molecule has 1 atom stereocenters. The maximum Gasteiger partial charge on any atom is 0.417 e. The minimum absolute atomic E-state index is 0.0878. The second-order valence-corrected chi connectivity index (χ2v) is 7.61. The van der Waals surface area contributed by atoms with Crippen LogP contribution in [0.5, 0.6) is 0 Å². The van der Waals surface area contributed by atoms with E-state index < -0.39 is 41.2 Å². The maximum atomic E-state index is 14.1. The van der Waals surface area contributed by atoms with Crippen molar-refractivity contribution in [2.75, 3.05) is 49.1 Å². The molecule has 176 valence electrons. The standard InChI is InChI=1S/C21H20F4N4O4/c22-16-3-1-2-15(21(23,24)25)18(16)19(31)28-8-6-27(7-9-28)17-5-4-13(10-26-17)29-11-14(12-30)33-20(29)32/h1-5,10,14,30H,6-9,11-12H2. The van der Waals surface area contributed by atoms with Gasteiger partial charge in [0.1, 0.15) is 17.7 Å². The first-order valence-electron chi connectivity index (χ1n) is 10.1. The maximum absolute atomic E-state index is 14.1. The lowest BCUT2D eigenvalue weighted by Crippen LogP contribution is -2.49. The summed E-state index contributed by atoms with van der Waals surface area (Å²) < 4.78 is 58.9. The van der Waals surface area contributed by atoms with Crippen LogP contribution in [0.15, 0.2) is 36.5 Å². The fourth-order valence-corrected chi connectivity index (χ4v) is 3.83. The van der Waals surface area contributed by atoms with Crippen LogP contribution in [0.25, 0.3) is 0 Å². The molecule has 0 spiro atoms. The lowest BCUT2D eigenvalue weighted by Gasteiger charge is -2.36. The summed E-state index contributed by atoms with van der Waals surface area (Å²) in [6, 6.07) is 5.79. The molecule has 4 rings (SSSR count). The third kappa shape index (κ3) is 4.56. The zero-order chi connectivity index (χ0) is 23.8. The molecule has 2 aliphatic rings. The first-order chi connectivity index (χ1) is 15.7. The number of alkyl halides is 3. The van der Waals surface area contributed by atoms with Gasteiger partial charge in [0.15, 0.2) is 0 Å². The first kappa shape index (κ1) is 22.8. The van der Waals surface area contributed by atoms with Gasteiger partial charge in [0.05, 0.1) is 36.2 Å². The number of halogens is 4. The summed E-state index contributed by atoms with van der Waals surface area (Å²) in [7, 11) is 0. The van der Waals surface area contributed by atoms with E-state index in [0.717, 1.165) is 12.1 Å². The van der Waals surface area contributed by atoms with E-state index >= 15 is 0 Å². The molecule has 0 bridgehead atoms. The fraction of sp³-hybridized carbons (Fsp3) is 0.381. The monoisotopic (exact) mass is 468 g/mol. The number of pyridine rings is 1. The van der Waals surface area contributed by atoms with Crippen LogP contribution in [0.2, 0.25) is 0 Å². The molecule has 33 heavy (non-hydrogen) atoms. The van der Waals surface area contributed by atoms with Gasteiger partial charge in [-0.15, -0.1) is 0 Å². The lowest BCUT2D eigenvalue weighted by atomic mass is 10.0. The van der Waals surface area contributed by atoms with Crippen molar-refractivity contribution in [2.45, 2.75) is 12.3 Å². The Balaban J connectivity index is 1.42. The highest BCUT2D eigenvalue weighted by molar-refractivity contribution is 5.96. The van der Waals surface area contributed by atoms with Gasteiger partial charge in [-0.05, 0) is 24.3 Å². The number of hydrogen-bond donors (Lipinski definition) is 1. The summed E-state index contributed by atoms with van der Waals surface area (Å²) >= 11 is 0. The zero-order valence-corrected chi connectivity index (χ0v) is 17.3. The third-order valence-corrected chi connectivity index (χ3v) is 5.55. The molecule has 12 heteroatoms. The van der Waals surface area contributed by atoms with Crippen molar-refractivity contribution in [3.05, 3.63) is 53.5 Å². The van der Waals surface area contributed by atoms with Gasteiger partial charge in [0, 0.05) is 26.2 Å². The number of anilines is 2. The van der Waals surface area contributed by atoms with Crippen LogP contribution < -0.4 is 9.80 Å². The fourth-order valence-electron chi connectivity index (χ4n) is 3.83. The van der Waals surface area contributed by atoms with Gasteiger partial charge in [-0.25, -0.2) is 14.2 Å². The van der Waals surface area contributed by atoms with Crippen molar-refractivity contribution in [2.24, 2.45) is 0 Å². The Morgan fingerprint density at radius 3 is 2.45 bits per heavy atom. The average Bonchev–Trinajstić information content (AvgIpc) is 3.19. The Bertz CT molecular complexity index is 1040. The first-order valence-corrected chi connectivity index (χ1v) is 10.1. The topological polar surface area (TPSA) is 86.2 Å². The predicted octanol–water partition coefficient (Wildman–Crippen LogP) is 2.52. The Hall–Kier alpha value is -3.41. The van der Waals surface area contributed by atoms with E-state index in [1.165, 1.54) is 16.0 Å². The second kappa shape index (κ2) is 8.85. The van der Waals surface area contributed by atoms with Crippen LogP contribution in [0.4, 0.5) is 33.9 Å². The molecule has 0 radical (unpaired) electrons. The highest BCUT2D eigenvalue weighted by Crippen LogP contribution is 2.34. The molecular weight excluding hydrogens is 448 g/mol. The van der Waals surface area contributed by atoms with E-state index in [1.807, 2.05) is 4.90 Å². The Kier molecular flexibility index (Phi) is 6.11. The highest BCUT2D eigenvalue weighted by Gasteiger charge is 2.38. The third-order valence-electron chi connectivity index (χ3n) is 5.55. The van der Waals surface area contributed by atoms with Gasteiger partial charge in [-0.1, -0.05) is 6.07 Å². The summed E-state index contributed by atoms with van der Waals surface area (Å²) in [6.07, 6.45) is -4.56. The number of aromatic nitrogens is 1. The largest absolute Gasteiger partial charge is 0.441 e. The molecule has 8 nitrogen and oxygen atoms in total. The van der Waals surface area contributed by atoms with Crippen LogP contribution in [0.1, 0.15) is 15.9 Å². The predicted molar refractivity (Wildman–Crippen MR) is 108 cm³/mol. The van der Waals surface area contributed by atoms with E-state index in [2.05, 4.69) is 4.98 Å². The highest BCUT2D eigenvalue weighted by atomic mass is 19.4. The molecule has 2 aromatic rings. The van der Waals surface area contributed by atoms with Gasteiger partial charge in [-0.3, -0.25) is 9.69 Å². The molecule has 1 N–H and O–H groups in total. The minimum atomic E-state index is -4.85. The molecule has 2 amide bonds. The minimum Gasteiger partial charge on any atom is -0.441 e. The van der Waals surface area contributed by atoms with Crippen LogP contribution in [0, 0.1) is 5.82 Å². The molecular formula is C21H20F4N4O4. The van der Waals surface area contributed by atoms with Crippen molar-refractivity contribution < 1.29 is 37.0 Å². The van der Waals surface area contributed by atoms with Crippen molar-refractivity contribution in [3.8, 4) is 0 Å². The Labute approximate surface area is 186 Å². The van der Waals surface area contributed by atoms with E-state index in [4.69, 9.17) is 9.84 Å². The summed E-state index contributed by atoms with van der Waals surface area (Å²) in [5, 5.41) is 9.14. The number of amides is 2. The molecule has 0 saturated carbocycles. The molecule has 2 aliphatic heterocycles. The number of carbonyl (C=O) groups is 2. The number of nitrogens with zero attached hydrogens (tertiary/aromatic N) is 4. The summed E-state index contributed by atoms with van der Waals surface area (Å²) in [5.41, 5.74) is -1.77. The van der Waals surface area contributed by atoms with Crippen molar-refractivity contribution >= 4 is 23.5 Å². The quantitative estimate of drug-likeness (QED) is 0.695. The number of carbonyl (C=O) groups excluding carboxylic acids is 2. The van der Waals surface area contributed by atoms with E-state index in [1.54, 1.807) is 12.1 Å².